The molecule has 0 amide bonds. The van der Waals surface area contributed by atoms with E-state index in [2.05, 4.69) is 0 Å². The van der Waals surface area contributed by atoms with Gasteiger partial charge in [-0.25, -0.2) is 4.79 Å². The molecule has 1 aromatic carbocycles. The van der Waals surface area contributed by atoms with Gasteiger partial charge in [0, 0.05) is 17.0 Å². The van der Waals surface area contributed by atoms with Gasteiger partial charge in [0.2, 0.25) is 0 Å². The third-order valence-corrected chi connectivity index (χ3v) is 4.03. The zero-order valence-corrected chi connectivity index (χ0v) is 11.2. The van der Waals surface area contributed by atoms with Gasteiger partial charge in [-0.05, 0) is 43.4 Å². The Labute approximate surface area is 116 Å². The van der Waals surface area contributed by atoms with E-state index in [0.29, 0.717) is 12.2 Å². The molecule has 0 radical (unpaired) electrons. The van der Waals surface area contributed by atoms with Gasteiger partial charge in [0.25, 0.3) is 0 Å². The number of epoxide rings is 1. The zero-order chi connectivity index (χ0) is 13.5. The lowest BCUT2D eigenvalue weighted by Crippen LogP contribution is -2.15. The van der Waals surface area contributed by atoms with Crippen molar-refractivity contribution in [2.45, 2.75) is 31.8 Å². The number of rotatable bonds is 3. The van der Waals surface area contributed by atoms with Gasteiger partial charge in [-0.3, -0.25) is 0 Å². The smallest absolute Gasteiger partial charge is 0.339 e. The van der Waals surface area contributed by atoms with E-state index in [0.717, 1.165) is 49.0 Å². The van der Waals surface area contributed by atoms with Crippen LogP contribution in [-0.4, -0.2) is 19.3 Å². The van der Waals surface area contributed by atoms with Crippen LogP contribution < -0.4 is 10.4 Å². The molecule has 20 heavy (non-hydrogen) atoms. The van der Waals surface area contributed by atoms with Gasteiger partial charge in [-0.2, -0.15) is 0 Å². The van der Waals surface area contributed by atoms with E-state index in [-0.39, 0.29) is 11.7 Å². The van der Waals surface area contributed by atoms with E-state index in [9.17, 15) is 4.79 Å². The monoisotopic (exact) mass is 272 g/mol. The van der Waals surface area contributed by atoms with Crippen LogP contribution in [0.5, 0.6) is 5.75 Å². The fraction of sp³-hybridized carbons (Fsp3) is 0.438. The third kappa shape index (κ3) is 2.10. The Morgan fingerprint density at radius 1 is 1.20 bits per heavy atom. The summed E-state index contributed by atoms with van der Waals surface area (Å²) in [6, 6.07) is 5.76. The minimum atomic E-state index is -0.185. The Morgan fingerprint density at radius 2 is 2.00 bits per heavy atom. The predicted octanol–water partition coefficient (Wildman–Crippen LogP) is 2.45. The highest BCUT2D eigenvalue weighted by Crippen LogP contribution is 2.29. The maximum Gasteiger partial charge on any atom is 0.339 e. The Bertz CT molecular complexity index is 712. The minimum Gasteiger partial charge on any atom is -0.491 e. The van der Waals surface area contributed by atoms with Crippen LogP contribution in [0.4, 0.5) is 0 Å². The van der Waals surface area contributed by atoms with E-state index in [4.69, 9.17) is 13.9 Å². The fourth-order valence-electron chi connectivity index (χ4n) is 2.87. The molecule has 2 heterocycles. The molecule has 1 atom stereocenters. The van der Waals surface area contributed by atoms with Crippen LogP contribution in [-0.2, 0) is 17.6 Å². The molecular formula is C16H16O4. The second kappa shape index (κ2) is 4.63. The number of hydrogen-bond donors (Lipinski definition) is 0. The molecule has 2 aliphatic rings. The first-order valence-corrected chi connectivity index (χ1v) is 7.14. The quantitative estimate of drug-likeness (QED) is 0.636. The maximum absolute atomic E-state index is 12.0. The SMILES string of the molecule is O=c1oc2cc(OC[C@@H]3CO3)ccc2c2c1CCCC2. The van der Waals surface area contributed by atoms with E-state index >= 15 is 0 Å². The highest BCUT2D eigenvalue weighted by Gasteiger charge is 2.23. The molecule has 1 saturated heterocycles. The summed E-state index contributed by atoms with van der Waals surface area (Å²) in [5.74, 6) is 0.729. The summed E-state index contributed by atoms with van der Waals surface area (Å²) in [7, 11) is 0. The van der Waals surface area contributed by atoms with E-state index in [1.54, 1.807) is 0 Å². The van der Waals surface area contributed by atoms with Gasteiger partial charge in [0.15, 0.2) is 0 Å². The Kier molecular flexibility index (Phi) is 2.77. The second-order valence-corrected chi connectivity index (χ2v) is 5.48. The average Bonchev–Trinajstić information content (AvgIpc) is 3.29. The topological polar surface area (TPSA) is 52.0 Å². The van der Waals surface area contributed by atoms with Crippen molar-refractivity contribution in [2.75, 3.05) is 13.2 Å². The van der Waals surface area contributed by atoms with E-state index in [1.807, 2.05) is 18.2 Å². The molecule has 0 N–H and O–H groups in total. The van der Waals surface area contributed by atoms with Crippen LogP contribution >= 0.6 is 0 Å². The molecule has 0 unspecified atom stereocenters. The van der Waals surface area contributed by atoms with Crippen LogP contribution in [0, 0.1) is 0 Å². The van der Waals surface area contributed by atoms with Crippen molar-refractivity contribution in [3.05, 3.63) is 39.7 Å². The van der Waals surface area contributed by atoms with Gasteiger partial charge >= 0.3 is 5.63 Å². The van der Waals surface area contributed by atoms with E-state index < -0.39 is 0 Å². The number of aryl methyl sites for hydroxylation is 1. The molecule has 1 aliphatic heterocycles. The predicted molar refractivity (Wildman–Crippen MR) is 74.4 cm³/mol. The Hall–Kier alpha value is -1.81. The summed E-state index contributed by atoms with van der Waals surface area (Å²) >= 11 is 0. The van der Waals surface area contributed by atoms with Gasteiger partial charge < -0.3 is 13.9 Å². The van der Waals surface area contributed by atoms with Crippen LogP contribution in [0.25, 0.3) is 11.0 Å². The lowest BCUT2D eigenvalue weighted by Gasteiger charge is -2.16. The van der Waals surface area contributed by atoms with Crippen molar-refractivity contribution in [2.24, 2.45) is 0 Å². The van der Waals surface area contributed by atoms with Crippen molar-refractivity contribution in [3.8, 4) is 5.75 Å². The number of hydrogen-bond acceptors (Lipinski definition) is 4. The first kappa shape index (κ1) is 12.0. The second-order valence-electron chi connectivity index (χ2n) is 5.48. The molecule has 4 rings (SSSR count). The molecule has 1 fully saturated rings. The first-order chi connectivity index (χ1) is 9.81. The molecule has 0 bridgehead atoms. The summed E-state index contributed by atoms with van der Waals surface area (Å²) in [5, 5.41) is 1.05. The van der Waals surface area contributed by atoms with Crippen LogP contribution in [0.3, 0.4) is 0 Å². The highest BCUT2D eigenvalue weighted by molar-refractivity contribution is 5.82. The highest BCUT2D eigenvalue weighted by atomic mass is 16.6. The summed E-state index contributed by atoms with van der Waals surface area (Å²) in [4.78, 5) is 12.0. The average molecular weight is 272 g/mol. The van der Waals surface area contributed by atoms with Crippen LogP contribution in [0.15, 0.2) is 27.4 Å². The zero-order valence-electron chi connectivity index (χ0n) is 11.2. The third-order valence-electron chi connectivity index (χ3n) is 4.03. The lowest BCUT2D eigenvalue weighted by atomic mass is 9.91. The first-order valence-electron chi connectivity index (χ1n) is 7.14. The molecule has 1 aromatic heterocycles. The molecule has 4 heteroatoms. The van der Waals surface area contributed by atoms with Gasteiger partial charge in [0.05, 0.1) is 6.61 Å². The van der Waals surface area contributed by atoms with Gasteiger partial charge in [-0.15, -0.1) is 0 Å². The van der Waals surface area contributed by atoms with Crippen molar-refractivity contribution in [3.63, 3.8) is 0 Å². The fourth-order valence-corrected chi connectivity index (χ4v) is 2.87. The number of benzene rings is 1. The summed E-state index contributed by atoms with van der Waals surface area (Å²) in [6.07, 6.45) is 4.24. The largest absolute Gasteiger partial charge is 0.491 e. The van der Waals surface area contributed by atoms with Crippen molar-refractivity contribution < 1.29 is 13.9 Å². The summed E-state index contributed by atoms with van der Waals surface area (Å²) in [5.41, 5.74) is 2.48. The van der Waals surface area contributed by atoms with Crippen LogP contribution in [0.1, 0.15) is 24.0 Å². The lowest BCUT2D eigenvalue weighted by molar-refractivity contribution is 0.263. The van der Waals surface area contributed by atoms with Gasteiger partial charge in [-0.1, -0.05) is 0 Å². The van der Waals surface area contributed by atoms with E-state index in [1.165, 1.54) is 5.56 Å². The molecule has 0 spiro atoms. The molecule has 4 nitrogen and oxygen atoms in total. The minimum absolute atomic E-state index is 0.185. The van der Waals surface area contributed by atoms with Crippen LogP contribution in [0.2, 0.25) is 0 Å². The van der Waals surface area contributed by atoms with Crippen molar-refractivity contribution in [1.29, 1.82) is 0 Å². The Morgan fingerprint density at radius 3 is 2.80 bits per heavy atom. The molecule has 2 aromatic rings. The summed E-state index contributed by atoms with van der Waals surface area (Å²) < 4.78 is 16.2. The summed E-state index contributed by atoms with van der Waals surface area (Å²) in [6.45, 7) is 1.33. The normalized spacial score (nSPS) is 20.7. The molecular weight excluding hydrogens is 256 g/mol. The molecule has 0 saturated carbocycles. The molecule has 1 aliphatic carbocycles. The standard InChI is InChI=1S/C16H16O4/c17-16-14-4-2-1-3-12(14)13-6-5-10(7-15(13)20-16)18-8-11-9-19-11/h5-7,11H,1-4,8-9H2/t11-/m1/s1. The van der Waals surface area contributed by atoms with Crippen molar-refractivity contribution >= 4 is 11.0 Å². The Balaban J connectivity index is 1.76. The van der Waals surface area contributed by atoms with Gasteiger partial charge in [0.1, 0.15) is 24.0 Å². The van der Waals surface area contributed by atoms with Crippen molar-refractivity contribution in [1.82, 2.24) is 0 Å². The maximum atomic E-state index is 12.0. The molecule has 104 valence electrons. The number of fused-ring (bicyclic) bond motifs is 3. The number of ether oxygens (including phenoxy) is 2.